The lowest BCUT2D eigenvalue weighted by Gasteiger charge is -2.10. The molecule has 0 bridgehead atoms. The number of alkyl halides is 3. The maximum Gasteiger partial charge on any atom is 0.416 e. The molecule has 0 atom stereocenters. The van der Waals surface area contributed by atoms with Crippen molar-refractivity contribution in [3.8, 4) is 0 Å². The fourth-order valence-electron chi connectivity index (χ4n) is 2.09. The highest BCUT2D eigenvalue weighted by atomic mass is 32.2. The van der Waals surface area contributed by atoms with Crippen LogP contribution < -0.4 is 0 Å². The summed E-state index contributed by atoms with van der Waals surface area (Å²) >= 11 is 0. The number of aryl methyl sites for hydroxylation is 1. The summed E-state index contributed by atoms with van der Waals surface area (Å²) in [5.74, 6) is 0. The standard InChI is InChI=1S/C18H17F3O3S/c1-13-3-9-17(10-4-13)25(22,23)24-12-11-14(2)15-5-7-16(8-6-15)18(19,20)21/h3-10H,2,11-12H2,1H3. The SMILES string of the molecule is C=C(CCOS(=O)(=O)c1ccc(C)cc1)c1ccc(C(F)(F)F)cc1. The van der Waals surface area contributed by atoms with Gasteiger partial charge in [0.15, 0.2) is 0 Å². The minimum absolute atomic E-state index is 0.0539. The van der Waals surface area contributed by atoms with Crippen LogP contribution in [0.1, 0.15) is 23.1 Å². The normalized spacial score (nSPS) is 12.2. The second-order valence-corrected chi connectivity index (χ2v) is 7.13. The van der Waals surface area contributed by atoms with Crippen molar-refractivity contribution in [1.82, 2.24) is 0 Å². The molecular formula is C18H17F3O3S. The van der Waals surface area contributed by atoms with Gasteiger partial charge in [0, 0.05) is 0 Å². The highest BCUT2D eigenvalue weighted by molar-refractivity contribution is 7.86. The fourth-order valence-corrected chi connectivity index (χ4v) is 3.00. The number of hydrogen-bond donors (Lipinski definition) is 0. The van der Waals surface area contributed by atoms with Gasteiger partial charge in [0.05, 0.1) is 17.1 Å². The molecule has 2 aromatic carbocycles. The zero-order valence-electron chi connectivity index (χ0n) is 13.5. The Hall–Kier alpha value is -2.12. The Kier molecular flexibility index (Phi) is 5.69. The molecule has 0 aliphatic carbocycles. The summed E-state index contributed by atoms with van der Waals surface area (Å²) in [6.45, 7) is 5.46. The lowest BCUT2D eigenvalue weighted by molar-refractivity contribution is -0.137. The van der Waals surface area contributed by atoms with Gasteiger partial charge >= 0.3 is 6.18 Å². The summed E-state index contributed by atoms with van der Waals surface area (Å²) in [7, 11) is -3.87. The van der Waals surface area contributed by atoms with Gasteiger partial charge in [-0.1, -0.05) is 36.4 Å². The van der Waals surface area contributed by atoms with Gasteiger partial charge in [-0.3, -0.25) is 4.18 Å². The molecule has 0 fully saturated rings. The molecule has 2 aromatic rings. The first kappa shape index (κ1) is 19.2. The van der Waals surface area contributed by atoms with E-state index in [1.807, 2.05) is 6.92 Å². The van der Waals surface area contributed by atoms with Crippen LogP contribution in [0.15, 0.2) is 60.0 Å². The van der Waals surface area contributed by atoms with E-state index in [2.05, 4.69) is 6.58 Å². The van der Waals surface area contributed by atoms with Gasteiger partial charge in [-0.05, 0) is 48.7 Å². The largest absolute Gasteiger partial charge is 0.416 e. The van der Waals surface area contributed by atoms with Crippen LogP contribution in [0.4, 0.5) is 13.2 Å². The molecule has 0 heterocycles. The highest BCUT2D eigenvalue weighted by Gasteiger charge is 2.30. The van der Waals surface area contributed by atoms with E-state index < -0.39 is 21.9 Å². The van der Waals surface area contributed by atoms with Gasteiger partial charge in [0.25, 0.3) is 10.1 Å². The molecule has 0 aromatic heterocycles. The lowest BCUT2D eigenvalue weighted by Crippen LogP contribution is -2.08. The van der Waals surface area contributed by atoms with E-state index in [-0.39, 0.29) is 17.9 Å². The lowest BCUT2D eigenvalue weighted by atomic mass is 10.0. The van der Waals surface area contributed by atoms with Crippen LogP contribution in [-0.4, -0.2) is 15.0 Å². The predicted octanol–water partition coefficient (Wildman–Crippen LogP) is 4.82. The minimum atomic E-state index is -4.40. The van der Waals surface area contributed by atoms with E-state index in [9.17, 15) is 21.6 Å². The third-order valence-electron chi connectivity index (χ3n) is 3.57. The second kappa shape index (κ2) is 7.41. The van der Waals surface area contributed by atoms with Crippen molar-refractivity contribution in [3.63, 3.8) is 0 Å². The van der Waals surface area contributed by atoms with E-state index in [0.29, 0.717) is 11.1 Å². The summed E-state index contributed by atoms with van der Waals surface area (Å²) in [4.78, 5) is 0.0539. The summed E-state index contributed by atoms with van der Waals surface area (Å²) in [6.07, 6.45) is -4.22. The molecule has 25 heavy (non-hydrogen) atoms. The second-order valence-electron chi connectivity index (χ2n) is 5.52. The number of hydrogen-bond acceptors (Lipinski definition) is 3. The minimum Gasteiger partial charge on any atom is -0.266 e. The predicted molar refractivity (Wildman–Crippen MR) is 89.4 cm³/mol. The van der Waals surface area contributed by atoms with Gasteiger partial charge < -0.3 is 0 Å². The molecule has 2 rings (SSSR count). The summed E-state index contributed by atoms with van der Waals surface area (Å²) < 4.78 is 66.6. The first-order valence-electron chi connectivity index (χ1n) is 7.41. The van der Waals surface area contributed by atoms with Crippen molar-refractivity contribution in [3.05, 3.63) is 71.8 Å². The molecule has 0 radical (unpaired) electrons. The molecule has 7 heteroatoms. The summed E-state index contributed by atoms with van der Waals surface area (Å²) in [6, 6.07) is 10.8. The molecule has 0 saturated carbocycles. The van der Waals surface area contributed by atoms with Crippen LogP contribution in [0.2, 0.25) is 0 Å². The first-order valence-corrected chi connectivity index (χ1v) is 8.82. The Morgan fingerprint density at radius 1 is 1.04 bits per heavy atom. The zero-order chi connectivity index (χ0) is 18.7. The van der Waals surface area contributed by atoms with Crippen LogP contribution in [0.3, 0.4) is 0 Å². The van der Waals surface area contributed by atoms with Crippen molar-refractivity contribution >= 4 is 15.7 Å². The van der Waals surface area contributed by atoms with Crippen molar-refractivity contribution in [1.29, 1.82) is 0 Å². The summed E-state index contributed by atoms with van der Waals surface area (Å²) in [5.41, 5.74) is 1.18. The van der Waals surface area contributed by atoms with Gasteiger partial charge in [0.2, 0.25) is 0 Å². The Bertz CT molecular complexity index is 837. The van der Waals surface area contributed by atoms with E-state index in [1.54, 1.807) is 12.1 Å². The first-order chi connectivity index (χ1) is 11.6. The molecule has 0 aliphatic heterocycles. The zero-order valence-corrected chi connectivity index (χ0v) is 14.3. The van der Waals surface area contributed by atoms with Crippen LogP contribution >= 0.6 is 0 Å². The maximum atomic E-state index is 12.5. The van der Waals surface area contributed by atoms with Gasteiger partial charge in [-0.25, -0.2) is 0 Å². The Morgan fingerprint density at radius 3 is 2.12 bits per heavy atom. The van der Waals surface area contributed by atoms with Crippen molar-refractivity contribution in [2.24, 2.45) is 0 Å². The van der Waals surface area contributed by atoms with Crippen LogP contribution in [0, 0.1) is 6.92 Å². The molecule has 0 aliphatic rings. The quantitative estimate of drug-likeness (QED) is 0.685. The average Bonchev–Trinajstić information content (AvgIpc) is 2.54. The topological polar surface area (TPSA) is 43.4 Å². The molecule has 0 spiro atoms. The molecule has 134 valence electrons. The van der Waals surface area contributed by atoms with Gasteiger partial charge in [0.1, 0.15) is 0 Å². The van der Waals surface area contributed by atoms with Crippen LogP contribution in [0.5, 0.6) is 0 Å². The highest BCUT2D eigenvalue weighted by Crippen LogP contribution is 2.30. The van der Waals surface area contributed by atoms with Crippen molar-refractivity contribution in [2.75, 3.05) is 6.61 Å². The fraction of sp³-hybridized carbons (Fsp3) is 0.222. The average molecular weight is 370 g/mol. The third kappa shape index (κ3) is 5.17. The van der Waals surface area contributed by atoms with Gasteiger partial charge in [-0.15, -0.1) is 0 Å². The molecule has 0 unspecified atom stereocenters. The van der Waals surface area contributed by atoms with Crippen molar-refractivity contribution < 1.29 is 25.8 Å². The molecule has 0 N–H and O–H groups in total. The number of halogens is 3. The maximum absolute atomic E-state index is 12.5. The van der Waals surface area contributed by atoms with Crippen molar-refractivity contribution in [2.45, 2.75) is 24.4 Å². The molecule has 3 nitrogen and oxygen atoms in total. The molecular weight excluding hydrogens is 353 g/mol. The van der Waals surface area contributed by atoms with E-state index >= 15 is 0 Å². The Balaban J connectivity index is 1.95. The van der Waals surface area contributed by atoms with E-state index in [1.165, 1.54) is 24.3 Å². The number of rotatable bonds is 6. The van der Waals surface area contributed by atoms with Crippen LogP contribution in [-0.2, 0) is 20.5 Å². The molecule has 0 saturated heterocycles. The van der Waals surface area contributed by atoms with Gasteiger partial charge in [-0.2, -0.15) is 21.6 Å². The third-order valence-corrected chi connectivity index (χ3v) is 4.90. The number of benzene rings is 2. The van der Waals surface area contributed by atoms with E-state index in [4.69, 9.17) is 4.18 Å². The van der Waals surface area contributed by atoms with E-state index in [0.717, 1.165) is 17.7 Å². The van der Waals surface area contributed by atoms with Crippen LogP contribution in [0.25, 0.3) is 5.57 Å². The smallest absolute Gasteiger partial charge is 0.266 e. The Morgan fingerprint density at radius 2 is 1.60 bits per heavy atom. The Labute approximate surface area is 144 Å². The summed E-state index contributed by atoms with van der Waals surface area (Å²) in [5, 5.41) is 0. The molecule has 0 amide bonds. The monoisotopic (exact) mass is 370 g/mol.